The van der Waals surface area contributed by atoms with Crippen LogP contribution in [-0.2, 0) is 6.42 Å². The SMILES string of the molecule is CC.CC1=CC=CCC=C1.C\C=C/C=C\C(=C\c1cc(-c2ccc3c(c2)c(/C=C\CC)c(CCC)n3-c2cccc(C3=C(C4CCC4)C=CCC3)c2C)ccc1C)C(C)C.Cc1cccc(-c2ccccc2)c1. The van der Waals surface area contributed by atoms with E-state index in [0.717, 1.165) is 44.4 Å². The van der Waals surface area contributed by atoms with Gasteiger partial charge in [-0.25, -0.2) is 0 Å². The number of aromatic nitrogens is 1. The number of hydrogen-bond donors (Lipinski definition) is 0. The minimum atomic E-state index is 0.443. The topological polar surface area (TPSA) is 4.93 Å². The van der Waals surface area contributed by atoms with Gasteiger partial charge in [-0.2, -0.15) is 0 Å². The van der Waals surface area contributed by atoms with E-state index in [-0.39, 0.29) is 0 Å². The van der Waals surface area contributed by atoms with Crippen LogP contribution in [0.25, 0.3) is 56.6 Å². The Morgan fingerprint density at radius 2 is 1.48 bits per heavy atom. The van der Waals surface area contributed by atoms with Crippen LogP contribution in [0.3, 0.4) is 0 Å². The number of allylic oxidation sites excluding steroid dienone is 16. The lowest BCUT2D eigenvalue weighted by Gasteiger charge is -2.31. The molecule has 0 radical (unpaired) electrons. The predicted octanol–water partition coefficient (Wildman–Crippen LogP) is 21.5. The third kappa shape index (κ3) is 14.7. The van der Waals surface area contributed by atoms with Crippen LogP contribution in [0.15, 0.2) is 199 Å². The van der Waals surface area contributed by atoms with Crippen LogP contribution >= 0.6 is 0 Å². The summed E-state index contributed by atoms with van der Waals surface area (Å²) >= 11 is 0. The maximum Gasteiger partial charge on any atom is 0.0538 e. The van der Waals surface area contributed by atoms with E-state index in [1.54, 1.807) is 11.1 Å². The van der Waals surface area contributed by atoms with Gasteiger partial charge in [0.05, 0.1) is 5.52 Å². The van der Waals surface area contributed by atoms with E-state index in [2.05, 4.69) is 255 Å². The van der Waals surface area contributed by atoms with Gasteiger partial charge in [0.15, 0.2) is 0 Å². The molecule has 1 heterocycles. The molecule has 5 aromatic carbocycles. The molecule has 1 nitrogen and oxygen atoms in total. The fourth-order valence-corrected chi connectivity index (χ4v) is 9.98. The molecule has 0 atom stereocenters. The zero-order valence-electron chi connectivity index (χ0n) is 46.4. The monoisotopic (exact) mass is 964 g/mol. The van der Waals surface area contributed by atoms with Gasteiger partial charge in [-0.05, 0) is 177 Å². The molecule has 1 fully saturated rings. The van der Waals surface area contributed by atoms with Crippen molar-refractivity contribution in [3.63, 3.8) is 0 Å². The summed E-state index contributed by atoms with van der Waals surface area (Å²) in [5.74, 6) is 1.18. The summed E-state index contributed by atoms with van der Waals surface area (Å²) in [6.45, 7) is 24.0. The fraction of sp³-hybridized carbons (Fsp3) is 0.306. The first-order valence-electron chi connectivity index (χ1n) is 27.7. The summed E-state index contributed by atoms with van der Waals surface area (Å²) in [7, 11) is 0. The van der Waals surface area contributed by atoms with Gasteiger partial charge < -0.3 is 4.57 Å². The first-order chi connectivity index (χ1) is 35.6. The van der Waals surface area contributed by atoms with Gasteiger partial charge in [0, 0.05) is 22.3 Å². The molecule has 378 valence electrons. The van der Waals surface area contributed by atoms with Gasteiger partial charge >= 0.3 is 0 Å². The Hall–Kier alpha value is -6.70. The molecule has 0 spiro atoms. The summed E-state index contributed by atoms with van der Waals surface area (Å²) in [6.07, 6.45) is 41.8. The number of benzene rings is 5. The number of hydrogen-bond acceptors (Lipinski definition) is 0. The van der Waals surface area contributed by atoms with Crippen molar-refractivity contribution in [3.8, 4) is 27.9 Å². The number of rotatable bonds is 13. The molecule has 1 saturated carbocycles. The molecular weight excluding hydrogens is 879 g/mol. The van der Waals surface area contributed by atoms with Crippen LogP contribution in [0, 0.1) is 32.6 Å². The second-order valence-corrected chi connectivity index (χ2v) is 19.9. The molecule has 3 aliphatic rings. The molecule has 1 heteroatoms. The van der Waals surface area contributed by atoms with Crippen molar-refractivity contribution < 1.29 is 0 Å². The van der Waals surface area contributed by atoms with Gasteiger partial charge in [-0.15, -0.1) is 0 Å². The van der Waals surface area contributed by atoms with Crippen molar-refractivity contribution >= 4 is 28.6 Å². The van der Waals surface area contributed by atoms with Crippen molar-refractivity contribution in [2.24, 2.45) is 11.8 Å². The fourth-order valence-electron chi connectivity index (χ4n) is 9.98. The molecule has 9 rings (SSSR count). The normalized spacial score (nSPS) is 14.7. The predicted molar refractivity (Wildman–Crippen MR) is 326 cm³/mol. The molecule has 1 aromatic heterocycles. The van der Waals surface area contributed by atoms with Gasteiger partial charge in [0.2, 0.25) is 0 Å². The Morgan fingerprint density at radius 1 is 0.740 bits per heavy atom. The van der Waals surface area contributed by atoms with Crippen LogP contribution in [0.2, 0.25) is 0 Å². The molecule has 0 bridgehead atoms. The molecule has 73 heavy (non-hydrogen) atoms. The van der Waals surface area contributed by atoms with Crippen molar-refractivity contribution in [2.75, 3.05) is 0 Å². The average molecular weight is 964 g/mol. The highest BCUT2D eigenvalue weighted by Gasteiger charge is 2.26. The smallest absolute Gasteiger partial charge is 0.0538 e. The van der Waals surface area contributed by atoms with Crippen LogP contribution in [0.4, 0.5) is 0 Å². The molecule has 6 aromatic rings. The summed E-state index contributed by atoms with van der Waals surface area (Å²) in [4.78, 5) is 0. The van der Waals surface area contributed by atoms with Gasteiger partial charge in [-0.1, -0.05) is 236 Å². The van der Waals surface area contributed by atoms with Gasteiger partial charge in [0.1, 0.15) is 0 Å². The van der Waals surface area contributed by atoms with E-state index in [4.69, 9.17) is 0 Å². The van der Waals surface area contributed by atoms with Crippen LogP contribution in [0.1, 0.15) is 146 Å². The Labute approximate surface area is 442 Å². The first-order valence-corrected chi connectivity index (χ1v) is 27.7. The van der Waals surface area contributed by atoms with Gasteiger partial charge in [0.25, 0.3) is 0 Å². The number of aryl methyl sites for hydroxylation is 2. The zero-order chi connectivity index (χ0) is 52.1. The third-order valence-electron chi connectivity index (χ3n) is 14.2. The van der Waals surface area contributed by atoms with E-state index < -0.39 is 0 Å². The Balaban J connectivity index is 0.000000308. The van der Waals surface area contributed by atoms with Crippen molar-refractivity contribution in [1.82, 2.24) is 4.57 Å². The summed E-state index contributed by atoms with van der Waals surface area (Å²) in [5.41, 5.74) is 23.1. The van der Waals surface area contributed by atoms with E-state index >= 15 is 0 Å². The van der Waals surface area contributed by atoms with E-state index in [1.807, 2.05) is 19.9 Å². The summed E-state index contributed by atoms with van der Waals surface area (Å²) in [5, 5.41) is 1.34. The molecule has 0 saturated heterocycles. The average Bonchev–Trinajstić information content (AvgIpc) is 3.48. The largest absolute Gasteiger partial charge is 0.313 e. The highest BCUT2D eigenvalue weighted by molar-refractivity contribution is 5.96. The lowest BCUT2D eigenvalue weighted by molar-refractivity contribution is 0.374. The molecular formula is C72H85N. The minimum Gasteiger partial charge on any atom is -0.313 e. The molecule has 0 unspecified atom stereocenters. The Bertz CT molecular complexity index is 3030. The van der Waals surface area contributed by atoms with Crippen LogP contribution < -0.4 is 0 Å². The molecule has 3 aliphatic carbocycles. The number of fused-ring (bicyclic) bond motifs is 1. The van der Waals surface area contributed by atoms with Crippen LogP contribution in [0.5, 0.6) is 0 Å². The Kier molecular flexibility index (Phi) is 21.7. The van der Waals surface area contributed by atoms with E-state index in [9.17, 15) is 0 Å². The third-order valence-corrected chi connectivity index (χ3v) is 14.2. The second-order valence-electron chi connectivity index (χ2n) is 19.9. The van der Waals surface area contributed by atoms with Crippen molar-refractivity contribution in [1.29, 1.82) is 0 Å². The van der Waals surface area contributed by atoms with Crippen molar-refractivity contribution in [2.45, 2.75) is 134 Å². The lowest BCUT2D eigenvalue weighted by Crippen LogP contribution is -2.16. The molecule has 0 N–H and O–H groups in total. The highest BCUT2D eigenvalue weighted by atomic mass is 15.0. The Morgan fingerprint density at radius 3 is 2.19 bits per heavy atom. The zero-order valence-corrected chi connectivity index (χ0v) is 46.4. The second kappa shape index (κ2) is 28.5. The number of nitrogens with zero attached hydrogens (tertiary/aromatic N) is 1. The summed E-state index contributed by atoms with van der Waals surface area (Å²) in [6, 6.07) is 40.2. The maximum atomic E-state index is 2.61. The standard InChI is InChI=1S/C49H57N.C13H12.C8H10.C2H6/c1-8-11-13-19-38(34(4)5)31-41-32-39(28-27-35(41)6)40-29-30-49-46(33-40)45(22-12-9-2)48(18-10-3)50(49)47-26-17-25-42(36(47)7)44-24-15-14-23-43(44)37-20-16-21-37;1-11-6-5-9-13(10-11)12-7-3-2-4-8-12;1-8-6-4-2-3-5-7-8;1-2/h8,11-14,17,19,22-23,25-34,37H,9-10,15-16,18,20-21,24H2,1-7H3;2-10H,1H3;2,4-7H,3H2,1H3;1-2H3/b11-8-,19-13-,22-12-,38-31-;;;. The molecule has 0 amide bonds. The summed E-state index contributed by atoms with van der Waals surface area (Å²) < 4.78 is 2.61. The maximum absolute atomic E-state index is 2.61. The van der Waals surface area contributed by atoms with E-state index in [1.165, 1.54) is 108 Å². The first kappa shape index (κ1) is 55.6. The lowest BCUT2D eigenvalue weighted by atomic mass is 9.74. The minimum absolute atomic E-state index is 0.443. The van der Waals surface area contributed by atoms with Gasteiger partial charge in [-0.3, -0.25) is 0 Å². The van der Waals surface area contributed by atoms with Crippen LogP contribution in [-0.4, -0.2) is 4.57 Å². The quantitative estimate of drug-likeness (QED) is 0.102. The van der Waals surface area contributed by atoms with E-state index in [0.29, 0.717) is 5.92 Å². The highest BCUT2D eigenvalue weighted by Crippen LogP contribution is 2.44. The van der Waals surface area contributed by atoms with Crippen molar-refractivity contribution in [3.05, 3.63) is 238 Å². The molecule has 0 aliphatic heterocycles.